The Balaban J connectivity index is 2.07. The van der Waals surface area contributed by atoms with Crippen molar-refractivity contribution in [3.05, 3.63) is 46.7 Å². The molecule has 0 aliphatic heterocycles. The third-order valence-electron chi connectivity index (χ3n) is 2.47. The van der Waals surface area contributed by atoms with Crippen LogP contribution >= 0.6 is 11.6 Å². The normalized spacial score (nSPS) is 10.3. The summed E-state index contributed by atoms with van der Waals surface area (Å²) in [6.45, 7) is 2.08. The van der Waals surface area contributed by atoms with E-state index in [1.165, 1.54) is 0 Å². The molecule has 5 heteroatoms. The molecule has 0 unspecified atom stereocenters. The van der Waals surface area contributed by atoms with Crippen LogP contribution in [-0.2, 0) is 6.42 Å². The average molecular weight is 264 g/mol. The molecule has 4 nitrogen and oxygen atoms in total. The summed E-state index contributed by atoms with van der Waals surface area (Å²) in [5.41, 5.74) is 2.01. The highest BCUT2D eigenvalue weighted by Crippen LogP contribution is 2.15. The van der Waals surface area contributed by atoms with Crippen molar-refractivity contribution in [3.8, 4) is 0 Å². The van der Waals surface area contributed by atoms with Crippen LogP contribution in [0.15, 0.2) is 30.3 Å². The maximum absolute atomic E-state index is 11.9. The predicted molar refractivity (Wildman–Crippen MR) is 72.0 cm³/mol. The first-order valence-electron chi connectivity index (χ1n) is 5.80. The van der Waals surface area contributed by atoms with E-state index in [1.807, 2.05) is 0 Å². The number of nitrogens with one attached hydrogen (secondary N) is 2. The predicted octanol–water partition coefficient (Wildman–Crippen LogP) is 3.27. The molecular weight excluding hydrogens is 250 g/mol. The number of carbonyl (C=O) groups excluding carboxylic acids is 1. The third-order valence-corrected chi connectivity index (χ3v) is 2.70. The number of nitrogens with zero attached hydrogens (tertiary/aromatic N) is 1. The molecular formula is C13H14ClN3O. The van der Waals surface area contributed by atoms with Crippen molar-refractivity contribution in [1.29, 1.82) is 0 Å². The molecule has 0 fully saturated rings. The molecule has 0 aliphatic rings. The van der Waals surface area contributed by atoms with Crippen molar-refractivity contribution in [2.75, 3.05) is 5.32 Å². The van der Waals surface area contributed by atoms with Gasteiger partial charge in [0.05, 0.1) is 0 Å². The molecule has 94 valence electrons. The molecule has 0 spiro atoms. The monoisotopic (exact) mass is 263 g/mol. The number of aryl methyl sites for hydroxylation is 1. The second-order valence-electron chi connectivity index (χ2n) is 3.99. The lowest BCUT2D eigenvalue weighted by atomic mass is 10.2. The van der Waals surface area contributed by atoms with Gasteiger partial charge in [-0.2, -0.15) is 5.10 Å². The summed E-state index contributed by atoms with van der Waals surface area (Å²) in [6.07, 6.45) is 1.90. The lowest BCUT2D eigenvalue weighted by Gasteiger charge is -2.02. The van der Waals surface area contributed by atoms with Crippen molar-refractivity contribution >= 4 is 23.2 Å². The fourth-order valence-electron chi connectivity index (χ4n) is 1.64. The zero-order chi connectivity index (χ0) is 13.0. The molecule has 1 aromatic carbocycles. The fraction of sp³-hybridized carbons (Fsp3) is 0.231. The van der Waals surface area contributed by atoms with E-state index in [9.17, 15) is 4.79 Å². The Hall–Kier alpha value is -1.81. The summed E-state index contributed by atoms with van der Waals surface area (Å²) in [6, 6.07) is 8.78. The van der Waals surface area contributed by atoms with E-state index in [2.05, 4.69) is 22.4 Å². The smallest absolute Gasteiger partial charge is 0.276 e. The summed E-state index contributed by atoms with van der Waals surface area (Å²) < 4.78 is 0. The van der Waals surface area contributed by atoms with Gasteiger partial charge in [0.25, 0.3) is 5.91 Å². The van der Waals surface area contributed by atoms with E-state index in [0.29, 0.717) is 16.4 Å². The van der Waals surface area contributed by atoms with Crippen molar-refractivity contribution < 1.29 is 4.79 Å². The Morgan fingerprint density at radius 1 is 1.44 bits per heavy atom. The topological polar surface area (TPSA) is 57.8 Å². The highest BCUT2D eigenvalue weighted by molar-refractivity contribution is 6.30. The molecule has 0 aliphatic carbocycles. The number of carbonyl (C=O) groups is 1. The molecule has 0 saturated heterocycles. The van der Waals surface area contributed by atoms with Gasteiger partial charge in [0.1, 0.15) is 0 Å². The minimum atomic E-state index is -0.240. The van der Waals surface area contributed by atoms with Crippen LogP contribution in [-0.4, -0.2) is 16.1 Å². The summed E-state index contributed by atoms with van der Waals surface area (Å²) in [4.78, 5) is 11.9. The van der Waals surface area contributed by atoms with E-state index in [-0.39, 0.29) is 5.91 Å². The maximum Gasteiger partial charge on any atom is 0.276 e. The highest BCUT2D eigenvalue weighted by Gasteiger charge is 2.10. The van der Waals surface area contributed by atoms with Gasteiger partial charge in [0, 0.05) is 16.4 Å². The molecule has 0 atom stereocenters. The van der Waals surface area contributed by atoms with E-state index < -0.39 is 0 Å². The number of benzene rings is 1. The van der Waals surface area contributed by atoms with Crippen LogP contribution in [0.3, 0.4) is 0 Å². The lowest BCUT2D eigenvalue weighted by Crippen LogP contribution is -2.12. The highest BCUT2D eigenvalue weighted by atomic mass is 35.5. The van der Waals surface area contributed by atoms with Crippen LogP contribution in [0.5, 0.6) is 0 Å². The van der Waals surface area contributed by atoms with Crippen molar-refractivity contribution in [2.45, 2.75) is 19.8 Å². The van der Waals surface area contributed by atoms with Crippen LogP contribution in [0.25, 0.3) is 0 Å². The van der Waals surface area contributed by atoms with Crippen LogP contribution in [0.2, 0.25) is 5.02 Å². The molecule has 1 aromatic heterocycles. The van der Waals surface area contributed by atoms with E-state index in [0.717, 1.165) is 18.5 Å². The molecule has 0 bridgehead atoms. The zero-order valence-corrected chi connectivity index (χ0v) is 10.8. The maximum atomic E-state index is 11.9. The number of aromatic amines is 1. The Morgan fingerprint density at radius 2 is 2.28 bits per heavy atom. The van der Waals surface area contributed by atoms with Gasteiger partial charge in [-0.15, -0.1) is 0 Å². The fourth-order valence-corrected chi connectivity index (χ4v) is 1.83. The van der Waals surface area contributed by atoms with Gasteiger partial charge in [-0.25, -0.2) is 0 Å². The van der Waals surface area contributed by atoms with Crippen molar-refractivity contribution in [1.82, 2.24) is 10.2 Å². The number of rotatable bonds is 4. The molecule has 18 heavy (non-hydrogen) atoms. The molecule has 1 amide bonds. The third kappa shape index (κ3) is 3.11. The number of amides is 1. The van der Waals surface area contributed by atoms with Gasteiger partial charge in [0.15, 0.2) is 5.69 Å². The first-order chi connectivity index (χ1) is 8.69. The molecule has 2 aromatic rings. The molecule has 0 saturated carbocycles. The number of H-pyrrole nitrogens is 1. The average Bonchev–Trinajstić information content (AvgIpc) is 2.78. The minimum Gasteiger partial charge on any atom is -0.321 e. The Morgan fingerprint density at radius 3 is 3.00 bits per heavy atom. The van der Waals surface area contributed by atoms with Crippen LogP contribution < -0.4 is 5.32 Å². The summed E-state index contributed by atoms with van der Waals surface area (Å²) in [7, 11) is 0. The van der Waals surface area contributed by atoms with Crippen LogP contribution in [0.4, 0.5) is 5.69 Å². The number of hydrogen-bond acceptors (Lipinski definition) is 2. The molecule has 2 rings (SSSR count). The SMILES string of the molecule is CCCc1cc(C(=O)Nc2cccc(Cl)c2)n[nH]1. The first kappa shape index (κ1) is 12.6. The standard InChI is InChI=1S/C13H14ClN3O/c1-2-4-11-8-12(17-16-11)13(18)15-10-6-3-5-9(14)7-10/h3,5-8H,2,4H2,1H3,(H,15,18)(H,16,17). The number of halogens is 1. The lowest BCUT2D eigenvalue weighted by molar-refractivity contribution is 0.102. The summed E-state index contributed by atoms with van der Waals surface area (Å²) in [5.74, 6) is -0.240. The zero-order valence-electron chi connectivity index (χ0n) is 10.0. The molecule has 0 radical (unpaired) electrons. The van der Waals surface area contributed by atoms with E-state index in [4.69, 9.17) is 11.6 Å². The van der Waals surface area contributed by atoms with Gasteiger partial charge in [0.2, 0.25) is 0 Å². The number of hydrogen-bond donors (Lipinski definition) is 2. The van der Waals surface area contributed by atoms with Crippen LogP contribution in [0, 0.1) is 0 Å². The van der Waals surface area contributed by atoms with Gasteiger partial charge in [-0.1, -0.05) is 31.0 Å². The quantitative estimate of drug-likeness (QED) is 0.889. The van der Waals surface area contributed by atoms with Gasteiger partial charge in [-0.05, 0) is 30.7 Å². The Kier molecular flexibility index (Phi) is 3.99. The van der Waals surface area contributed by atoms with E-state index in [1.54, 1.807) is 30.3 Å². The Labute approximate surface area is 110 Å². The molecule has 2 N–H and O–H groups in total. The second-order valence-corrected chi connectivity index (χ2v) is 4.43. The molecule has 1 heterocycles. The van der Waals surface area contributed by atoms with Gasteiger partial charge >= 0.3 is 0 Å². The largest absolute Gasteiger partial charge is 0.321 e. The Bertz CT molecular complexity index is 551. The van der Waals surface area contributed by atoms with Crippen molar-refractivity contribution in [2.24, 2.45) is 0 Å². The number of anilines is 1. The van der Waals surface area contributed by atoms with Gasteiger partial charge < -0.3 is 5.32 Å². The first-order valence-corrected chi connectivity index (χ1v) is 6.18. The van der Waals surface area contributed by atoms with Crippen molar-refractivity contribution in [3.63, 3.8) is 0 Å². The van der Waals surface area contributed by atoms with E-state index >= 15 is 0 Å². The van der Waals surface area contributed by atoms with Crippen LogP contribution in [0.1, 0.15) is 29.5 Å². The second kappa shape index (κ2) is 5.69. The number of aromatic nitrogens is 2. The minimum absolute atomic E-state index is 0.240. The van der Waals surface area contributed by atoms with Gasteiger partial charge in [-0.3, -0.25) is 9.89 Å². The summed E-state index contributed by atoms with van der Waals surface area (Å²) >= 11 is 5.85. The summed E-state index contributed by atoms with van der Waals surface area (Å²) in [5, 5.41) is 10.2.